The van der Waals surface area contributed by atoms with Crippen LogP contribution in [0.15, 0.2) is 0 Å². The van der Waals surface area contributed by atoms with Crippen molar-refractivity contribution in [1.29, 1.82) is 0 Å². The number of carbonyl (C=O) groups is 2. The Kier molecular flexibility index (Phi) is 5.08. The fourth-order valence-corrected chi connectivity index (χ4v) is 1.75. The van der Waals surface area contributed by atoms with Crippen molar-refractivity contribution in [2.45, 2.75) is 26.2 Å². The predicted molar refractivity (Wildman–Crippen MR) is 58.0 cm³/mol. The van der Waals surface area contributed by atoms with Crippen LogP contribution in [-0.4, -0.2) is 43.8 Å². The minimum absolute atomic E-state index is 0.0625. The Balaban J connectivity index is 2.31. The molecule has 0 aromatic carbocycles. The number of hydrogen-bond donors (Lipinski definition) is 0. The lowest BCUT2D eigenvalue weighted by atomic mass is 9.97. The van der Waals surface area contributed by atoms with Crippen LogP contribution in [0.25, 0.3) is 0 Å². The van der Waals surface area contributed by atoms with E-state index in [2.05, 4.69) is 4.74 Å². The number of esters is 1. The molecule has 1 aliphatic heterocycles. The summed E-state index contributed by atoms with van der Waals surface area (Å²) in [5.41, 5.74) is 0. The average molecular weight is 229 g/mol. The zero-order valence-electron chi connectivity index (χ0n) is 9.90. The lowest BCUT2D eigenvalue weighted by Gasteiger charge is -2.29. The first-order valence-corrected chi connectivity index (χ1v) is 5.68. The number of amides is 1. The van der Waals surface area contributed by atoms with E-state index in [0.29, 0.717) is 32.5 Å². The molecule has 16 heavy (non-hydrogen) atoms. The number of nitrogens with zero attached hydrogens (tertiary/aromatic N) is 1. The third kappa shape index (κ3) is 3.40. The van der Waals surface area contributed by atoms with Gasteiger partial charge in [0.2, 0.25) is 0 Å². The summed E-state index contributed by atoms with van der Waals surface area (Å²) in [6.07, 6.45) is 1.85. The van der Waals surface area contributed by atoms with Crippen LogP contribution in [0.4, 0.5) is 4.79 Å². The summed E-state index contributed by atoms with van der Waals surface area (Å²) in [6, 6.07) is 0. The number of carbonyl (C=O) groups excluding carboxylic acids is 2. The van der Waals surface area contributed by atoms with Crippen LogP contribution >= 0.6 is 0 Å². The molecule has 0 bridgehead atoms. The molecular weight excluding hydrogens is 210 g/mol. The fraction of sp³-hybridized carbons (Fsp3) is 0.818. The molecule has 1 saturated heterocycles. The van der Waals surface area contributed by atoms with Crippen LogP contribution in [0.3, 0.4) is 0 Å². The molecule has 1 amide bonds. The van der Waals surface area contributed by atoms with Gasteiger partial charge < -0.3 is 14.4 Å². The molecular formula is C11H19NO4. The summed E-state index contributed by atoms with van der Waals surface area (Å²) < 4.78 is 9.70. The third-order valence-electron chi connectivity index (χ3n) is 2.71. The van der Waals surface area contributed by atoms with Gasteiger partial charge in [0.25, 0.3) is 0 Å². The quantitative estimate of drug-likeness (QED) is 0.687. The van der Waals surface area contributed by atoms with Crippen LogP contribution in [0.1, 0.15) is 26.2 Å². The summed E-state index contributed by atoms with van der Waals surface area (Å²) >= 11 is 0. The summed E-state index contributed by atoms with van der Waals surface area (Å²) in [5, 5.41) is 0. The summed E-state index contributed by atoms with van der Waals surface area (Å²) in [5.74, 6) is -0.196. The highest BCUT2D eigenvalue weighted by Gasteiger charge is 2.28. The number of methoxy groups -OCH3 is 1. The maximum atomic E-state index is 11.5. The molecule has 0 N–H and O–H groups in total. The number of rotatable bonds is 3. The summed E-state index contributed by atoms with van der Waals surface area (Å²) in [7, 11) is 1.37. The Labute approximate surface area is 95.7 Å². The second-order valence-corrected chi connectivity index (χ2v) is 3.90. The van der Waals surface area contributed by atoms with Crippen molar-refractivity contribution < 1.29 is 19.1 Å². The molecule has 0 aliphatic carbocycles. The van der Waals surface area contributed by atoms with Crippen LogP contribution in [0.5, 0.6) is 0 Å². The summed E-state index contributed by atoms with van der Waals surface area (Å²) in [6.45, 7) is 3.58. The van der Waals surface area contributed by atoms with Crippen LogP contribution in [0, 0.1) is 5.92 Å². The molecule has 0 radical (unpaired) electrons. The van der Waals surface area contributed by atoms with Gasteiger partial charge in [-0.1, -0.05) is 6.92 Å². The van der Waals surface area contributed by atoms with Gasteiger partial charge in [0.15, 0.2) is 0 Å². The highest BCUT2D eigenvalue weighted by Crippen LogP contribution is 2.19. The van der Waals surface area contributed by atoms with Crippen LogP contribution in [-0.2, 0) is 14.3 Å². The molecule has 5 nitrogen and oxygen atoms in total. The molecule has 92 valence electrons. The number of hydrogen-bond acceptors (Lipinski definition) is 4. The number of likely N-dealkylation sites (tertiary alicyclic amines) is 1. The topological polar surface area (TPSA) is 55.8 Å². The van der Waals surface area contributed by atoms with E-state index in [1.54, 1.807) is 4.90 Å². The molecule has 0 atom stereocenters. The molecule has 1 heterocycles. The molecule has 1 rings (SSSR count). The van der Waals surface area contributed by atoms with Gasteiger partial charge in [0, 0.05) is 13.1 Å². The number of piperidine rings is 1. The van der Waals surface area contributed by atoms with Gasteiger partial charge in [-0.2, -0.15) is 0 Å². The smallest absolute Gasteiger partial charge is 0.409 e. The van der Waals surface area contributed by atoms with Crippen molar-refractivity contribution in [2.75, 3.05) is 26.8 Å². The molecule has 0 unspecified atom stereocenters. The maximum Gasteiger partial charge on any atom is 0.409 e. The first-order valence-electron chi connectivity index (χ1n) is 5.68. The van der Waals surface area contributed by atoms with Gasteiger partial charge in [-0.3, -0.25) is 4.79 Å². The van der Waals surface area contributed by atoms with Gasteiger partial charge in [0.1, 0.15) is 0 Å². The van der Waals surface area contributed by atoms with Crippen molar-refractivity contribution in [1.82, 2.24) is 4.90 Å². The highest BCUT2D eigenvalue weighted by molar-refractivity contribution is 5.73. The maximum absolute atomic E-state index is 11.5. The van der Waals surface area contributed by atoms with E-state index in [-0.39, 0.29) is 18.0 Å². The Morgan fingerprint density at radius 3 is 2.44 bits per heavy atom. The first kappa shape index (κ1) is 12.8. The first-order chi connectivity index (χ1) is 7.69. The molecule has 0 spiro atoms. The van der Waals surface area contributed by atoms with Crippen molar-refractivity contribution in [3.63, 3.8) is 0 Å². The Morgan fingerprint density at radius 1 is 1.31 bits per heavy atom. The van der Waals surface area contributed by atoms with E-state index in [0.717, 1.165) is 6.42 Å². The standard InChI is InChI=1S/C11H19NO4/c1-3-8-16-10(13)9-4-6-12(7-5-9)11(14)15-2/h9H,3-8H2,1-2H3. The SMILES string of the molecule is CCCOC(=O)C1CCN(C(=O)OC)CC1. The van der Waals surface area contributed by atoms with Gasteiger partial charge >= 0.3 is 12.1 Å². The lowest BCUT2D eigenvalue weighted by Crippen LogP contribution is -2.40. The highest BCUT2D eigenvalue weighted by atomic mass is 16.5. The van der Waals surface area contributed by atoms with E-state index < -0.39 is 0 Å². The largest absolute Gasteiger partial charge is 0.465 e. The minimum Gasteiger partial charge on any atom is -0.465 e. The zero-order chi connectivity index (χ0) is 12.0. The molecule has 1 aliphatic rings. The van der Waals surface area contributed by atoms with Crippen LogP contribution in [0.2, 0.25) is 0 Å². The van der Waals surface area contributed by atoms with Gasteiger partial charge in [0.05, 0.1) is 19.6 Å². The van der Waals surface area contributed by atoms with E-state index in [4.69, 9.17) is 4.74 Å². The predicted octanol–water partition coefficient (Wildman–Crippen LogP) is 1.42. The van der Waals surface area contributed by atoms with Crippen LogP contribution < -0.4 is 0 Å². The number of ether oxygens (including phenoxy) is 2. The van der Waals surface area contributed by atoms with Gasteiger partial charge in [-0.25, -0.2) is 4.79 Å². The van der Waals surface area contributed by atoms with Crippen molar-refractivity contribution >= 4 is 12.1 Å². The average Bonchev–Trinajstić information content (AvgIpc) is 2.35. The minimum atomic E-state index is -0.319. The molecule has 0 aromatic heterocycles. The monoisotopic (exact) mass is 229 g/mol. The van der Waals surface area contributed by atoms with E-state index in [9.17, 15) is 9.59 Å². The van der Waals surface area contributed by atoms with Gasteiger partial charge in [-0.05, 0) is 19.3 Å². The van der Waals surface area contributed by atoms with E-state index >= 15 is 0 Å². The van der Waals surface area contributed by atoms with Gasteiger partial charge in [-0.15, -0.1) is 0 Å². The summed E-state index contributed by atoms with van der Waals surface area (Å²) in [4.78, 5) is 24.4. The third-order valence-corrected chi connectivity index (χ3v) is 2.71. The van der Waals surface area contributed by atoms with E-state index in [1.807, 2.05) is 6.92 Å². The fourth-order valence-electron chi connectivity index (χ4n) is 1.75. The zero-order valence-corrected chi connectivity index (χ0v) is 9.90. The Bertz CT molecular complexity index is 246. The Morgan fingerprint density at radius 2 is 1.94 bits per heavy atom. The van der Waals surface area contributed by atoms with Crippen molar-refractivity contribution in [2.24, 2.45) is 5.92 Å². The molecule has 0 aromatic rings. The normalized spacial score (nSPS) is 17.0. The Hall–Kier alpha value is -1.26. The molecule has 0 saturated carbocycles. The molecule has 1 fully saturated rings. The second kappa shape index (κ2) is 6.35. The second-order valence-electron chi connectivity index (χ2n) is 3.90. The molecule has 5 heteroatoms. The lowest BCUT2D eigenvalue weighted by molar-refractivity contribution is -0.150. The van der Waals surface area contributed by atoms with Crippen molar-refractivity contribution in [3.05, 3.63) is 0 Å². The van der Waals surface area contributed by atoms with E-state index in [1.165, 1.54) is 7.11 Å². The van der Waals surface area contributed by atoms with Crippen molar-refractivity contribution in [3.8, 4) is 0 Å².